The van der Waals surface area contributed by atoms with Crippen molar-refractivity contribution in [3.63, 3.8) is 0 Å². The van der Waals surface area contributed by atoms with Crippen molar-refractivity contribution >= 4 is 16.5 Å². The molecule has 3 aromatic carbocycles. The second kappa shape index (κ2) is 6.12. The average Bonchev–Trinajstić information content (AvgIpc) is 3.17. The molecule has 0 unspecified atom stereocenters. The highest BCUT2D eigenvalue weighted by molar-refractivity contribution is 6.06. The lowest BCUT2D eigenvalue weighted by Crippen LogP contribution is -2.23. The van der Waals surface area contributed by atoms with E-state index in [2.05, 4.69) is 30.1 Å². The molecule has 0 bridgehead atoms. The number of nitrogens with zero attached hydrogens (tertiary/aromatic N) is 1. The lowest BCUT2D eigenvalue weighted by atomic mass is 9.89. The van der Waals surface area contributed by atoms with Crippen LogP contribution in [0.3, 0.4) is 0 Å². The van der Waals surface area contributed by atoms with Crippen molar-refractivity contribution < 1.29 is 23.7 Å². The van der Waals surface area contributed by atoms with E-state index in [1.807, 2.05) is 12.1 Å². The maximum Gasteiger partial charge on any atom is 0.231 e. The van der Waals surface area contributed by atoms with Gasteiger partial charge in [-0.3, -0.25) is 0 Å². The Morgan fingerprint density at radius 1 is 0.893 bits per heavy atom. The Morgan fingerprint density at radius 3 is 2.36 bits per heavy atom. The summed E-state index contributed by atoms with van der Waals surface area (Å²) < 4.78 is 28.1. The van der Waals surface area contributed by atoms with Gasteiger partial charge in [0.1, 0.15) is 5.75 Å². The molecule has 2 heterocycles. The van der Waals surface area contributed by atoms with E-state index >= 15 is 0 Å². The van der Waals surface area contributed by atoms with Gasteiger partial charge in [-0.1, -0.05) is 12.1 Å². The second-order valence-electron chi connectivity index (χ2n) is 6.91. The van der Waals surface area contributed by atoms with Gasteiger partial charge in [0, 0.05) is 41.7 Å². The molecule has 0 fully saturated rings. The SMILES string of the molecule is COc1cc(OC)c2c(c1OC)CN(C)c1c-2ccc2cc3c(cc12)OCO3. The van der Waals surface area contributed by atoms with E-state index in [-0.39, 0.29) is 6.79 Å². The van der Waals surface area contributed by atoms with Crippen LogP contribution in [0, 0.1) is 0 Å². The first kappa shape index (κ1) is 16.9. The normalized spacial score (nSPS) is 13.9. The van der Waals surface area contributed by atoms with Crippen LogP contribution >= 0.6 is 0 Å². The molecular formula is C22H21NO5. The number of benzene rings is 3. The summed E-state index contributed by atoms with van der Waals surface area (Å²) in [5, 5.41) is 2.23. The third-order valence-corrected chi connectivity index (χ3v) is 5.48. The zero-order chi connectivity index (χ0) is 19.4. The Kier molecular flexibility index (Phi) is 3.69. The Morgan fingerprint density at radius 2 is 1.64 bits per heavy atom. The standard InChI is InChI=1S/C22H21NO5/c1-23-10-15-20(18(24-2)9-19(25-3)22(15)26-4)13-6-5-12-7-16-17(28-11-27-16)8-14(12)21(13)23/h5-9H,10-11H2,1-4H3. The van der Waals surface area contributed by atoms with Crippen molar-refractivity contribution in [3.05, 3.63) is 35.9 Å². The van der Waals surface area contributed by atoms with Gasteiger partial charge < -0.3 is 28.6 Å². The minimum Gasteiger partial charge on any atom is -0.496 e. The van der Waals surface area contributed by atoms with Gasteiger partial charge in [-0.05, 0) is 17.5 Å². The quantitative estimate of drug-likeness (QED) is 0.679. The molecule has 5 rings (SSSR count). The fourth-order valence-corrected chi connectivity index (χ4v) is 4.28. The third-order valence-electron chi connectivity index (χ3n) is 5.48. The van der Waals surface area contributed by atoms with Crippen LogP contribution in [0.1, 0.15) is 5.56 Å². The van der Waals surface area contributed by atoms with Crippen molar-refractivity contribution in [2.24, 2.45) is 0 Å². The smallest absolute Gasteiger partial charge is 0.231 e. The van der Waals surface area contributed by atoms with Crippen molar-refractivity contribution in [2.75, 3.05) is 40.1 Å². The molecule has 6 heteroatoms. The minimum atomic E-state index is 0.261. The molecule has 0 saturated heterocycles. The van der Waals surface area contributed by atoms with Gasteiger partial charge in [0.2, 0.25) is 6.79 Å². The monoisotopic (exact) mass is 379 g/mol. The molecular weight excluding hydrogens is 358 g/mol. The van der Waals surface area contributed by atoms with Gasteiger partial charge >= 0.3 is 0 Å². The van der Waals surface area contributed by atoms with Crippen molar-refractivity contribution in [2.45, 2.75) is 6.54 Å². The van der Waals surface area contributed by atoms with E-state index in [1.54, 1.807) is 21.3 Å². The maximum atomic E-state index is 5.73. The average molecular weight is 379 g/mol. The van der Waals surface area contributed by atoms with Gasteiger partial charge in [-0.25, -0.2) is 0 Å². The van der Waals surface area contributed by atoms with Crippen LogP contribution in [0.2, 0.25) is 0 Å². The molecule has 6 nitrogen and oxygen atoms in total. The molecule has 2 aliphatic heterocycles. The number of methoxy groups -OCH3 is 3. The zero-order valence-corrected chi connectivity index (χ0v) is 16.3. The van der Waals surface area contributed by atoms with Gasteiger partial charge in [-0.2, -0.15) is 0 Å². The summed E-state index contributed by atoms with van der Waals surface area (Å²) in [6, 6.07) is 10.2. The minimum absolute atomic E-state index is 0.261. The van der Waals surface area contributed by atoms with Crippen molar-refractivity contribution in [1.82, 2.24) is 0 Å². The number of ether oxygens (including phenoxy) is 5. The molecule has 0 atom stereocenters. The molecule has 2 aliphatic rings. The molecule has 0 saturated carbocycles. The Labute approximate surface area is 163 Å². The molecule has 0 amide bonds. The summed E-state index contributed by atoms with van der Waals surface area (Å²) in [6.07, 6.45) is 0. The van der Waals surface area contributed by atoms with Crippen molar-refractivity contribution in [1.29, 1.82) is 0 Å². The van der Waals surface area contributed by atoms with E-state index < -0.39 is 0 Å². The van der Waals surface area contributed by atoms with Crippen LogP contribution in [-0.4, -0.2) is 35.2 Å². The Balaban J connectivity index is 1.84. The topological polar surface area (TPSA) is 49.4 Å². The van der Waals surface area contributed by atoms with Gasteiger partial charge in [0.25, 0.3) is 0 Å². The van der Waals surface area contributed by atoms with Crippen LogP contribution < -0.4 is 28.6 Å². The molecule has 3 aromatic rings. The van der Waals surface area contributed by atoms with Gasteiger partial charge in [-0.15, -0.1) is 0 Å². The summed E-state index contributed by atoms with van der Waals surface area (Å²) in [7, 11) is 7.07. The van der Waals surface area contributed by atoms with E-state index in [4.69, 9.17) is 23.7 Å². The maximum absolute atomic E-state index is 5.73. The summed E-state index contributed by atoms with van der Waals surface area (Å²) in [5.74, 6) is 3.73. The van der Waals surface area contributed by atoms with Crippen LogP contribution in [0.25, 0.3) is 21.9 Å². The summed E-state index contributed by atoms with van der Waals surface area (Å²) >= 11 is 0. The Hall–Kier alpha value is -3.28. The first-order valence-electron chi connectivity index (χ1n) is 9.06. The summed E-state index contributed by atoms with van der Waals surface area (Å²) in [4.78, 5) is 2.23. The predicted octanol–water partition coefficient (Wildman–Crippen LogP) is 4.21. The van der Waals surface area contributed by atoms with Gasteiger partial charge in [0.05, 0.1) is 27.0 Å². The molecule has 144 valence electrons. The van der Waals surface area contributed by atoms with Crippen molar-refractivity contribution in [3.8, 4) is 39.9 Å². The van der Waals surface area contributed by atoms with Crippen LogP contribution in [0.5, 0.6) is 28.7 Å². The Bertz CT molecular complexity index is 1110. The first-order chi connectivity index (χ1) is 13.7. The molecule has 28 heavy (non-hydrogen) atoms. The second-order valence-corrected chi connectivity index (χ2v) is 6.91. The molecule has 0 aliphatic carbocycles. The number of fused-ring (bicyclic) bond motifs is 6. The number of hydrogen-bond acceptors (Lipinski definition) is 6. The number of rotatable bonds is 3. The highest BCUT2D eigenvalue weighted by Crippen LogP contribution is 2.53. The van der Waals surface area contributed by atoms with Crippen LogP contribution in [-0.2, 0) is 6.54 Å². The molecule has 0 spiro atoms. The fourth-order valence-electron chi connectivity index (χ4n) is 4.28. The molecule has 0 aromatic heterocycles. The number of hydrogen-bond donors (Lipinski definition) is 0. The molecule has 0 N–H and O–H groups in total. The lowest BCUT2D eigenvalue weighted by Gasteiger charge is -2.33. The first-order valence-corrected chi connectivity index (χ1v) is 9.06. The predicted molar refractivity (Wildman–Crippen MR) is 107 cm³/mol. The van der Waals surface area contributed by atoms with Crippen LogP contribution in [0.15, 0.2) is 30.3 Å². The molecule has 0 radical (unpaired) electrons. The largest absolute Gasteiger partial charge is 0.496 e. The number of anilines is 1. The summed E-state index contributed by atoms with van der Waals surface area (Å²) in [5.41, 5.74) is 4.31. The summed E-state index contributed by atoms with van der Waals surface area (Å²) in [6.45, 7) is 0.934. The highest BCUT2D eigenvalue weighted by atomic mass is 16.7. The van der Waals surface area contributed by atoms with E-state index in [0.29, 0.717) is 12.3 Å². The van der Waals surface area contributed by atoms with E-state index in [1.165, 1.54) is 0 Å². The highest BCUT2D eigenvalue weighted by Gasteiger charge is 2.30. The fraction of sp³-hybridized carbons (Fsp3) is 0.273. The van der Waals surface area contributed by atoms with E-state index in [0.717, 1.165) is 56.1 Å². The van der Waals surface area contributed by atoms with E-state index in [9.17, 15) is 0 Å². The third kappa shape index (κ3) is 2.21. The zero-order valence-electron chi connectivity index (χ0n) is 16.3. The van der Waals surface area contributed by atoms with Gasteiger partial charge in [0.15, 0.2) is 23.0 Å². The lowest BCUT2D eigenvalue weighted by molar-refractivity contribution is 0.174. The van der Waals surface area contributed by atoms with Crippen LogP contribution in [0.4, 0.5) is 5.69 Å².